The van der Waals surface area contributed by atoms with E-state index >= 15 is 0 Å². The molecule has 0 spiro atoms. The number of carbonyl (C=O) groups excluding carboxylic acids is 1. The Morgan fingerprint density at radius 3 is 2.76 bits per heavy atom. The van der Waals surface area contributed by atoms with Crippen molar-refractivity contribution in [3.05, 3.63) is 56.4 Å². The van der Waals surface area contributed by atoms with E-state index < -0.39 is 11.5 Å². The van der Waals surface area contributed by atoms with E-state index in [-0.39, 0.29) is 5.69 Å². The normalized spacial score (nSPS) is 10.5. The highest BCUT2D eigenvalue weighted by molar-refractivity contribution is 9.10. The maximum absolute atomic E-state index is 12.2. The molecule has 2 heterocycles. The van der Waals surface area contributed by atoms with Crippen molar-refractivity contribution in [1.29, 1.82) is 0 Å². The van der Waals surface area contributed by atoms with Crippen LogP contribution in [0.2, 0.25) is 0 Å². The van der Waals surface area contributed by atoms with Crippen LogP contribution in [0.15, 0.2) is 45.1 Å². The number of aromatic amines is 1. The van der Waals surface area contributed by atoms with Crippen molar-refractivity contribution in [2.24, 2.45) is 0 Å². The molecule has 2 aromatic heterocycles. The van der Waals surface area contributed by atoms with Gasteiger partial charge in [-0.05, 0) is 24.3 Å². The van der Waals surface area contributed by atoms with Crippen LogP contribution >= 0.6 is 27.3 Å². The van der Waals surface area contributed by atoms with Gasteiger partial charge in [0.2, 0.25) is 5.69 Å². The molecule has 106 valence electrons. The van der Waals surface area contributed by atoms with E-state index in [9.17, 15) is 9.59 Å². The third kappa shape index (κ3) is 2.78. The summed E-state index contributed by atoms with van der Waals surface area (Å²) in [6, 6.07) is 7.04. The number of aromatic nitrogens is 4. The zero-order chi connectivity index (χ0) is 14.8. The van der Waals surface area contributed by atoms with Crippen LogP contribution in [0.5, 0.6) is 0 Å². The molecule has 0 atom stereocenters. The number of hydrogen-bond donors (Lipinski definition) is 2. The van der Waals surface area contributed by atoms with Gasteiger partial charge in [0, 0.05) is 16.0 Å². The summed E-state index contributed by atoms with van der Waals surface area (Å²) < 4.78 is 2.09. The Labute approximate surface area is 130 Å². The molecule has 1 amide bonds. The lowest BCUT2D eigenvalue weighted by Crippen LogP contribution is -2.24. The number of nitrogens with zero attached hydrogens (tertiary/aromatic N) is 3. The third-order valence-electron chi connectivity index (χ3n) is 2.62. The minimum atomic E-state index is -0.595. The topological polar surface area (TPSA) is 92.7 Å². The summed E-state index contributed by atoms with van der Waals surface area (Å²) in [4.78, 5) is 28.1. The van der Waals surface area contributed by atoms with E-state index in [0.717, 1.165) is 4.47 Å². The van der Waals surface area contributed by atoms with E-state index in [1.54, 1.807) is 35.8 Å². The molecule has 0 aliphatic carbocycles. The van der Waals surface area contributed by atoms with Crippen LogP contribution in [0.3, 0.4) is 0 Å². The summed E-state index contributed by atoms with van der Waals surface area (Å²) in [5, 5.41) is 11.0. The van der Waals surface area contributed by atoms with Crippen molar-refractivity contribution in [2.75, 3.05) is 5.32 Å². The van der Waals surface area contributed by atoms with Crippen molar-refractivity contribution in [1.82, 2.24) is 20.0 Å². The Morgan fingerprint density at radius 1 is 1.33 bits per heavy atom. The van der Waals surface area contributed by atoms with Crippen LogP contribution in [-0.4, -0.2) is 25.9 Å². The van der Waals surface area contributed by atoms with Crippen molar-refractivity contribution in [3.8, 4) is 5.69 Å². The number of halogens is 1. The number of rotatable bonds is 3. The minimum Gasteiger partial charge on any atom is -0.296 e. The highest BCUT2D eigenvalue weighted by atomic mass is 79.9. The Kier molecular flexibility index (Phi) is 3.67. The number of anilines is 1. The smallest absolute Gasteiger partial charge is 0.296 e. The van der Waals surface area contributed by atoms with Crippen molar-refractivity contribution in [3.63, 3.8) is 0 Å². The van der Waals surface area contributed by atoms with Gasteiger partial charge in [0.15, 0.2) is 5.13 Å². The highest BCUT2D eigenvalue weighted by Crippen LogP contribution is 2.13. The highest BCUT2D eigenvalue weighted by Gasteiger charge is 2.18. The van der Waals surface area contributed by atoms with Gasteiger partial charge in [-0.2, -0.15) is 0 Å². The average Bonchev–Trinajstić information content (AvgIpc) is 3.09. The molecule has 0 saturated heterocycles. The number of nitrogens with one attached hydrogen (secondary N) is 2. The molecular weight excluding hydrogens is 358 g/mol. The molecule has 21 heavy (non-hydrogen) atoms. The number of amides is 1. The van der Waals surface area contributed by atoms with E-state index in [0.29, 0.717) is 10.8 Å². The van der Waals surface area contributed by atoms with Crippen LogP contribution in [0.4, 0.5) is 5.13 Å². The summed E-state index contributed by atoms with van der Waals surface area (Å²) in [7, 11) is 0. The summed E-state index contributed by atoms with van der Waals surface area (Å²) >= 11 is 4.58. The fourth-order valence-electron chi connectivity index (χ4n) is 1.65. The summed E-state index contributed by atoms with van der Waals surface area (Å²) in [5.74, 6) is -0.595. The van der Waals surface area contributed by atoms with E-state index in [2.05, 4.69) is 36.5 Å². The Bertz CT molecular complexity index is 822. The molecule has 9 heteroatoms. The van der Waals surface area contributed by atoms with Gasteiger partial charge in [0.1, 0.15) is 0 Å². The first kappa shape index (κ1) is 13.7. The molecule has 0 aliphatic rings. The largest absolute Gasteiger partial charge is 0.304 e. The van der Waals surface area contributed by atoms with Crippen LogP contribution in [0.25, 0.3) is 5.69 Å². The summed E-state index contributed by atoms with van der Waals surface area (Å²) in [6.07, 6.45) is 1.56. The monoisotopic (exact) mass is 365 g/mol. The third-order valence-corrected chi connectivity index (χ3v) is 3.84. The maximum atomic E-state index is 12.2. The molecule has 0 radical (unpaired) electrons. The molecule has 7 nitrogen and oxygen atoms in total. The van der Waals surface area contributed by atoms with Gasteiger partial charge in [-0.25, -0.2) is 14.9 Å². The van der Waals surface area contributed by atoms with Crippen LogP contribution in [0.1, 0.15) is 10.5 Å². The lowest BCUT2D eigenvalue weighted by atomic mass is 10.3. The first-order valence-corrected chi connectivity index (χ1v) is 7.46. The number of thiazole rings is 1. The molecule has 0 bridgehead atoms. The molecule has 1 aromatic carbocycles. The fourth-order valence-corrected chi connectivity index (χ4v) is 2.44. The van der Waals surface area contributed by atoms with Crippen LogP contribution in [-0.2, 0) is 0 Å². The van der Waals surface area contributed by atoms with Crippen LogP contribution in [0, 0.1) is 0 Å². The van der Waals surface area contributed by atoms with E-state index in [1.807, 2.05) is 0 Å². The predicted molar refractivity (Wildman–Crippen MR) is 82.0 cm³/mol. The lowest BCUT2D eigenvalue weighted by Gasteiger charge is -1.99. The second kappa shape index (κ2) is 5.62. The molecular formula is C12H8BrN5O2S. The maximum Gasteiger partial charge on any atom is 0.304 e. The van der Waals surface area contributed by atoms with Crippen molar-refractivity contribution in [2.45, 2.75) is 0 Å². The van der Waals surface area contributed by atoms with Crippen molar-refractivity contribution >= 4 is 38.3 Å². The van der Waals surface area contributed by atoms with E-state index in [4.69, 9.17) is 0 Å². The van der Waals surface area contributed by atoms with Gasteiger partial charge < -0.3 is 0 Å². The first-order valence-electron chi connectivity index (χ1n) is 5.79. The second-order valence-electron chi connectivity index (χ2n) is 3.97. The zero-order valence-electron chi connectivity index (χ0n) is 10.4. The zero-order valence-corrected chi connectivity index (χ0v) is 12.8. The number of benzene rings is 1. The summed E-state index contributed by atoms with van der Waals surface area (Å²) in [5.41, 5.74) is -0.150. The standard InChI is InChI=1S/C12H8BrN5O2S/c13-7-1-3-8(4-2-7)18-11(20)9(16-17-18)10(19)15-12-14-5-6-21-12/h1-6,17H,(H,14,15,19). The number of carbonyl (C=O) groups is 1. The molecule has 3 rings (SSSR count). The van der Waals surface area contributed by atoms with Gasteiger partial charge >= 0.3 is 5.56 Å². The van der Waals surface area contributed by atoms with Gasteiger partial charge in [0.05, 0.1) is 5.69 Å². The Hall–Kier alpha value is -2.26. The number of hydrogen-bond acceptors (Lipinski definition) is 5. The number of H-pyrrole nitrogens is 1. The molecule has 0 unspecified atom stereocenters. The van der Waals surface area contributed by atoms with Gasteiger partial charge in [-0.15, -0.1) is 16.4 Å². The quantitative estimate of drug-likeness (QED) is 0.742. The van der Waals surface area contributed by atoms with Gasteiger partial charge in [0.25, 0.3) is 5.91 Å². The summed E-state index contributed by atoms with van der Waals surface area (Å²) in [6.45, 7) is 0. The molecule has 0 saturated carbocycles. The SMILES string of the molecule is O=C(Nc1nccs1)c1n[nH]n(-c2ccc(Br)cc2)c1=O. The molecule has 3 aromatic rings. The average molecular weight is 366 g/mol. The van der Waals surface area contributed by atoms with Gasteiger partial charge in [-0.1, -0.05) is 15.9 Å². The van der Waals surface area contributed by atoms with Gasteiger partial charge in [-0.3, -0.25) is 14.9 Å². The molecule has 2 N–H and O–H groups in total. The predicted octanol–water partition coefficient (Wildman–Crippen LogP) is 2.03. The van der Waals surface area contributed by atoms with Crippen molar-refractivity contribution < 1.29 is 4.79 Å². The minimum absolute atomic E-state index is 0.215. The molecule has 0 aliphatic heterocycles. The second-order valence-corrected chi connectivity index (χ2v) is 5.78. The Morgan fingerprint density at radius 2 is 2.10 bits per heavy atom. The van der Waals surface area contributed by atoms with E-state index in [1.165, 1.54) is 16.0 Å². The Balaban J connectivity index is 1.90. The lowest BCUT2D eigenvalue weighted by molar-refractivity contribution is 0.102. The van der Waals surface area contributed by atoms with Crippen LogP contribution < -0.4 is 10.9 Å². The fraction of sp³-hybridized carbons (Fsp3) is 0. The molecule has 0 fully saturated rings. The first-order chi connectivity index (χ1) is 10.1.